The van der Waals surface area contributed by atoms with Crippen LogP contribution in [0.4, 0.5) is 5.13 Å². The molecule has 3 aromatic carbocycles. The molecule has 4 rings (SSSR count). The molecule has 0 aliphatic rings. The Morgan fingerprint density at radius 3 is 2.38 bits per heavy atom. The molecule has 0 atom stereocenters. The monoisotopic (exact) mass is 535 g/mol. The average molecular weight is 536 g/mol. The number of hydrogen-bond donors (Lipinski definition) is 1. The lowest BCUT2D eigenvalue weighted by molar-refractivity contribution is 0.102. The number of carbonyl (C=O) groups is 1. The molecule has 4 aromatic rings. The predicted molar refractivity (Wildman–Crippen MR) is 148 cm³/mol. The maximum atomic E-state index is 13.4. The Hall–Kier alpha value is -3.53. The van der Waals surface area contributed by atoms with E-state index in [1.165, 1.54) is 39.9 Å². The number of hydrogen-bond acceptors (Lipinski definition) is 6. The highest BCUT2D eigenvalue weighted by molar-refractivity contribution is 7.89. The third-order valence-corrected chi connectivity index (χ3v) is 8.69. The van der Waals surface area contributed by atoms with Gasteiger partial charge in [0.2, 0.25) is 10.0 Å². The highest BCUT2D eigenvalue weighted by Gasteiger charge is 2.27. The van der Waals surface area contributed by atoms with E-state index in [4.69, 9.17) is 4.74 Å². The number of sulfonamides is 1. The molecule has 0 aliphatic heterocycles. The minimum Gasteiger partial charge on any atom is -0.496 e. The van der Waals surface area contributed by atoms with Crippen molar-refractivity contribution in [2.24, 2.45) is 0 Å². The summed E-state index contributed by atoms with van der Waals surface area (Å²) in [6.07, 6.45) is 0. The zero-order chi connectivity index (χ0) is 26.6. The summed E-state index contributed by atoms with van der Waals surface area (Å²) < 4.78 is 33.5. The quantitative estimate of drug-likeness (QED) is 0.285. The molecule has 0 spiro atoms. The second kappa shape index (κ2) is 11.2. The van der Waals surface area contributed by atoms with Crippen LogP contribution in [0.25, 0.3) is 11.3 Å². The van der Waals surface area contributed by atoms with E-state index in [0.29, 0.717) is 10.7 Å². The van der Waals surface area contributed by atoms with Crippen molar-refractivity contribution in [3.63, 3.8) is 0 Å². The van der Waals surface area contributed by atoms with Crippen molar-refractivity contribution >= 4 is 32.4 Å². The minimum absolute atomic E-state index is 0.139. The molecule has 0 fully saturated rings. The first-order chi connectivity index (χ1) is 17.7. The number of carbonyl (C=O) groups excluding carboxylic acids is 1. The number of nitrogens with zero attached hydrogens (tertiary/aromatic N) is 2. The van der Waals surface area contributed by atoms with Gasteiger partial charge in [0, 0.05) is 29.1 Å². The third-order valence-electron chi connectivity index (χ3n) is 5.90. The standard InChI is InChI=1S/C28H29N3O4S2/c1-19(2)31(17-21-8-6-5-7-9-21)37(33,34)24-13-10-22(11-14-24)27(32)30-28-29-25(18-36-28)23-12-15-26(35-4)20(3)16-23/h5-16,18-19H,17H2,1-4H3,(H,29,30,32). The van der Waals surface area contributed by atoms with Gasteiger partial charge in [-0.15, -0.1) is 11.3 Å². The fourth-order valence-electron chi connectivity index (χ4n) is 3.89. The van der Waals surface area contributed by atoms with Gasteiger partial charge in [-0.25, -0.2) is 13.4 Å². The van der Waals surface area contributed by atoms with Crippen molar-refractivity contribution in [2.75, 3.05) is 12.4 Å². The van der Waals surface area contributed by atoms with Crippen LogP contribution < -0.4 is 10.1 Å². The Morgan fingerprint density at radius 1 is 1.05 bits per heavy atom. The lowest BCUT2D eigenvalue weighted by atomic mass is 10.1. The second-order valence-electron chi connectivity index (χ2n) is 8.83. The van der Waals surface area contributed by atoms with E-state index in [0.717, 1.165) is 28.1 Å². The number of aryl methyl sites for hydroxylation is 1. The number of ether oxygens (including phenoxy) is 1. The highest BCUT2D eigenvalue weighted by atomic mass is 32.2. The minimum atomic E-state index is -3.75. The summed E-state index contributed by atoms with van der Waals surface area (Å²) in [5.74, 6) is 0.440. The van der Waals surface area contributed by atoms with E-state index in [1.807, 2.05) is 74.7 Å². The fourth-order valence-corrected chi connectivity index (χ4v) is 6.23. The summed E-state index contributed by atoms with van der Waals surface area (Å²) in [7, 11) is -2.12. The van der Waals surface area contributed by atoms with Gasteiger partial charge in [-0.05, 0) is 74.4 Å². The number of methoxy groups -OCH3 is 1. The molecule has 1 aromatic heterocycles. The Kier molecular flexibility index (Phi) is 8.06. The first-order valence-electron chi connectivity index (χ1n) is 11.8. The molecular weight excluding hydrogens is 506 g/mol. The Bertz CT molecular complexity index is 1480. The van der Waals surface area contributed by atoms with E-state index >= 15 is 0 Å². The molecule has 9 heteroatoms. The summed E-state index contributed by atoms with van der Waals surface area (Å²) in [5.41, 5.74) is 3.92. The van der Waals surface area contributed by atoms with Crippen LogP contribution in [0.2, 0.25) is 0 Å². The summed E-state index contributed by atoms with van der Waals surface area (Å²) >= 11 is 1.32. The van der Waals surface area contributed by atoms with Crippen molar-refractivity contribution < 1.29 is 17.9 Å². The van der Waals surface area contributed by atoms with Crippen LogP contribution in [-0.2, 0) is 16.6 Å². The molecular formula is C28H29N3O4S2. The van der Waals surface area contributed by atoms with Crippen LogP contribution in [0.15, 0.2) is 83.1 Å². The van der Waals surface area contributed by atoms with Gasteiger partial charge in [0.1, 0.15) is 5.75 Å². The number of thiazole rings is 1. The topological polar surface area (TPSA) is 88.6 Å². The normalized spacial score (nSPS) is 11.6. The van der Waals surface area contributed by atoms with Crippen molar-refractivity contribution in [1.29, 1.82) is 0 Å². The SMILES string of the molecule is COc1ccc(-c2csc(NC(=O)c3ccc(S(=O)(=O)N(Cc4ccccc4)C(C)C)cc3)n2)cc1C. The van der Waals surface area contributed by atoms with E-state index in [1.54, 1.807) is 7.11 Å². The second-order valence-corrected chi connectivity index (χ2v) is 11.6. The van der Waals surface area contributed by atoms with E-state index in [-0.39, 0.29) is 23.4 Å². The van der Waals surface area contributed by atoms with Crippen LogP contribution in [0.3, 0.4) is 0 Å². The van der Waals surface area contributed by atoms with Gasteiger partial charge in [-0.2, -0.15) is 4.31 Å². The first-order valence-corrected chi connectivity index (χ1v) is 14.1. The maximum absolute atomic E-state index is 13.4. The molecule has 0 radical (unpaired) electrons. The predicted octanol–water partition coefficient (Wildman–Crippen LogP) is 5.98. The summed E-state index contributed by atoms with van der Waals surface area (Å²) in [4.78, 5) is 17.5. The number of amides is 1. The molecule has 0 bridgehead atoms. The zero-order valence-corrected chi connectivity index (χ0v) is 22.8. The number of benzene rings is 3. The van der Waals surface area contributed by atoms with Crippen LogP contribution >= 0.6 is 11.3 Å². The van der Waals surface area contributed by atoms with Gasteiger partial charge >= 0.3 is 0 Å². The molecule has 1 amide bonds. The first kappa shape index (κ1) is 26.5. The molecule has 0 unspecified atom stereocenters. The average Bonchev–Trinajstić information content (AvgIpc) is 3.36. The van der Waals surface area contributed by atoms with E-state index in [9.17, 15) is 13.2 Å². The van der Waals surface area contributed by atoms with E-state index in [2.05, 4.69) is 10.3 Å². The molecule has 0 saturated carbocycles. The summed E-state index contributed by atoms with van der Waals surface area (Å²) in [6, 6.07) is 21.0. The molecule has 1 heterocycles. The largest absolute Gasteiger partial charge is 0.496 e. The van der Waals surface area contributed by atoms with Gasteiger partial charge in [-0.3, -0.25) is 10.1 Å². The Morgan fingerprint density at radius 2 is 1.76 bits per heavy atom. The Balaban J connectivity index is 1.47. The van der Waals surface area contributed by atoms with Crippen LogP contribution in [0.1, 0.15) is 35.3 Å². The van der Waals surface area contributed by atoms with Crippen LogP contribution in [-0.4, -0.2) is 36.8 Å². The van der Waals surface area contributed by atoms with Crippen molar-refractivity contribution in [3.8, 4) is 17.0 Å². The van der Waals surface area contributed by atoms with Crippen molar-refractivity contribution in [1.82, 2.24) is 9.29 Å². The summed E-state index contributed by atoms with van der Waals surface area (Å²) in [6.45, 7) is 5.92. The maximum Gasteiger partial charge on any atom is 0.257 e. The lowest BCUT2D eigenvalue weighted by Crippen LogP contribution is -2.36. The molecule has 37 heavy (non-hydrogen) atoms. The molecule has 0 aliphatic carbocycles. The molecule has 1 N–H and O–H groups in total. The molecule has 7 nitrogen and oxygen atoms in total. The number of rotatable bonds is 9. The smallest absolute Gasteiger partial charge is 0.257 e. The lowest BCUT2D eigenvalue weighted by Gasteiger charge is -2.26. The molecule has 192 valence electrons. The van der Waals surface area contributed by atoms with Gasteiger partial charge in [-0.1, -0.05) is 30.3 Å². The van der Waals surface area contributed by atoms with Gasteiger partial charge in [0.25, 0.3) is 5.91 Å². The van der Waals surface area contributed by atoms with Crippen LogP contribution in [0, 0.1) is 6.92 Å². The van der Waals surface area contributed by atoms with Gasteiger partial charge < -0.3 is 4.74 Å². The van der Waals surface area contributed by atoms with Gasteiger partial charge in [0.15, 0.2) is 5.13 Å². The number of aromatic nitrogens is 1. The molecule has 0 saturated heterocycles. The van der Waals surface area contributed by atoms with Crippen molar-refractivity contribution in [2.45, 2.75) is 38.3 Å². The number of nitrogens with one attached hydrogen (secondary N) is 1. The zero-order valence-electron chi connectivity index (χ0n) is 21.1. The van der Waals surface area contributed by atoms with Gasteiger partial charge in [0.05, 0.1) is 17.7 Å². The summed E-state index contributed by atoms with van der Waals surface area (Å²) in [5, 5.41) is 5.13. The van der Waals surface area contributed by atoms with Crippen LogP contribution in [0.5, 0.6) is 5.75 Å². The highest BCUT2D eigenvalue weighted by Crippen LogP contribution is 2.29. The Labute approximate surface area is 221 Å². The van der Waals surface area contributed by atoms with Crippen molar-refractivity contribution in [3.05, 3.63) is 94.9 Å². The van der Waals surface area contributed by atoms with E-state index < -0.39 is 10.0 Å². The number of anilines is 1. The third kappa shape index (κ3) is 6.07. The fraction of sp³-hybridized carbons (Fsp3) is 0.214.